The van der Waals surface area contributed by atoms with Crippen LogP contribution in [0.5, 0.6) is 0 Å². The molecule has 4 heteroatoms. The van der Waals surface area contributed by atoms with Crippen LogP contribution in [0, 0.1) is 0 Å². The van der Waals surface area contributed by atoms with Gasteiger partial charge in [0.15, 0.2) is 0 Å². The monoisotopic (exact) mass is 251 g/mol. The normalized spacial score (nSPS) is 18.6. The first-order valence-corrected chi connectivity index (χ1v) is 6.65. The molecular weight excluding hydrogens is 230 g/mol. The van der Waals surface area contributed by atoms with Crippen molar-refractivity contribution in [3.05, 3.63) is 23.7 Å². The summed E-state index contributed by atoms with van der Waals surface area (Å²) in [5.41, 5.74) is 0. The highest BCUT2D eigenvalue weighted by molar-refractivity contribution is 5.86. The third kappa shape index (κ3) is 3.13. The number of hydrogen-bond acceptors (Lipinski definition) is 4. The molecule has 1 aromatic heterocycles. The van der Waals surface area contributed by atoms with Gasteiger partial charge < -0.3 is 14.5 Å². The topological polar surface area (TPSA) is 51.5 Å². The Morgan fingerprint density at radius 2 is 2.11 bits per heavy atom. The molecule has 1 fully saturated rings. The highest BCUT2D eigenvalue weighted by Crippen LogP contribution is 2.22. The number of carbonyl (C=O) groups excluding carboxylic acids is 1. The van der Waals surface area contributed by atoms with E-state index in [1.54, 1.807) is 6.07 Å². The second kappa shape index (κ2) is 6.05. The van der Waals surface area contributed by atoms with Crippen LogP contribution >= 0.6 is 0 Å². The second-order valence-corrected chi connectivity index (χ2v) is 4.92. The highest BCUT2D eigenvalue weighted by Gasteiger charge is 2.19. The van der Waals surface area contributed by atoms with Crippen LogP contribution in [0.15, 0.2) is 16.5 Å². The number of hydrogen-bond donors (Lipinski definition) is 1. The summed E-state index contributed by atoms with van der Waals surface area (Å²) in [6, 6.07) is 4.21. The summed E-state index contributed by atoms with van der Waals surface area (Å²) in [5.74, 6) is 0.636. The number of nitrogens with one attached hydrogen (secondary N) is 1. The molecule has 4 nitrogen and oxygen atoms in total. The fourth-order valence-electron chi connectivity index (χ4n) is 2.50. The predicted molar refractivity (Wildman–Crippen MR) is 68.5 cm³/mol. The van der Waals surface area contributed by atoms with Crippen LogP contribution in [0.3, 0.4) is 0 Å². The van der Waals surface area contributed by atoms with E-state index < -0.39 is 5.97 Å². The first kappa shape index (κ1) is 13.1. The number of methoxy groups -OCH3 is 1. The van der Waals surface area contributed by atoms with Gasteiger partial charge in [0.05, 0.1) is 13.2 Å². The Bertz CT molecular complexity index is 393. The Hall–Kier alpha value is -1.29. The third-order valence-corrected chi connectivity index (χ3v) is 3.53. The first-order valence-electron chi connectivity index (χ1n) is 6.65. The van der Waals surface area contributed by atoms with Crippen LogP contribution in [-0.2, 0) is 4.74 Å². The van der Waals surface area contributed by atoms with Crippen LogP contribution in [-0.4, -0.2) is 19.1 Å². The fourth-order valence-corrected chi connectivity index (χ4v) is 2.50. The van der Waals surface area contributed by atoms with Gasteiger partial charge in [-0.1, -0.05) is 19.3 Å². The molecule has 1 aliphatic rings. The van der Waals surface area contributed by atoms with E-state index in [1.807, 2.05) is 6.07 Å². The molecule has 1 saturated carbocycles. The van der Waals surface area contributed by atoms with Crippen LogP contribution in [0.4, 0.5) is 0 Å². The number of carbonyl (C=O) groups is 1. The van der Waals surface area contributed by atoms with Crippen molar-refractivity contribution in [1.29, 1.82) is 0 Å². The molecule has 1 unspecified atom stereocenters. The Balaban J connectivity index is 1.93. The number of furan rings is 1. The van der Waals surface area contributed by atoms with Crippen molar-refractivity contribution in [2.45, 2.75) is 51.1 Å². The zero-order valence-corrected chi connectivity index (χ0v) is 11.1. The molecule has 0 spiro atoms. The molecule has 0 saturated heterocycles. The van der Waals surface area contributed by atoms with Crippen LogP contribution in [0.2, 0.25) is 0 Å². The zero-order chi connectivity index (χ0) is 13.0. The molecule has 1 N–H and O–H groups in total. The summed E-state index contributed by atoms with van der Waals surface area (Å²) >= 11 is 0. The van der Waals surface area contributed by atoms with E-state index in [9.17, 15) is 4.79 Å². The molecule has 1 heterocycles. The second-order valence-electron chi connectivity index (χ2n) is 4.92. The van der Waals surface area contributed by atoms with Gasteiger partial charge in [-0.15, -0.1) is 0 Å². The van der Waals surface area contributed by atoms with Gasteiger partial charge in [0.1, 0.15) is 5.76 Å². The molecule has 0 amide bonds. The van der Waals surface area contributed by atoms with Gasteiger partial charge in [-0.25, -0.2) is 4.79 Å². The summed E-state index contributed by atoms with van der Waals surface area (Å²) in [7, 11) is 1.36. The number of esters is 1. The summed E-state index contributed by atoms with van der Waals surface area (Å²) in [4.78, 5) is 11.3. The van der Waals surface area contributed by atoms with E-state index in [4.69, 9.17) is 4.42 Å². The molecule has 0 aliphatic heterocycles. The predicted octanol–water partition coefficient (Wildman–Crippen LogP) is 3.05. The molecule has 100 valence electrons. The summed E-state index contributed by atoms with van der Waals surface area (Å²) in [6.07, 6.45) is 6.41. The van der Waals surface area contributed by atoms with E-state index in [0.717, 1.165) is 5.76 Å². The standard InChI is InChI=1S/C14H21NO3/c1-10(15-11-6-4-3-5-7-11)12-8-9-13(18-12)14(16)17-2/h8-11,15H,3-7H2,1-2H3. The van der Waals surface area contributed by atoms with Gasteiger partial charge in [-0.2, -0.15) is 0 Å². The number of rotatable bonds is 4. The average molecular weight is 251 g/mol. The van der Waals surface area contributed by atoms with Gasteiger partial charge >= 0.3 is 5.97 Å². The minimum absolute atomic E-state index is 0.131. The number of ether oxygens (including phenoxy) is 1. The van der Waals surface area contributed by atoms with Crippen LogP contribution < -0.4 is 5.32 Å². The van der Waals surface area contributed by atoms with Crippen molar-refractivity contribution in [2.24, 2.45) is 0 Å². The van der Waals surface area contributed by atoms with E-state index in [2.05, 4.69) is 17.0 Å². The Morgan fingerprint density at radius 3 is 2.78 bits per heavy atom. The average Bonchev–Trinajstić information content (AvgIpc) is 2.88. The van der Waals surface area contributed by atoms with Crippen molar-refractivity contribution in [3.63, 3.8) is 0 Å². The smallest absolute Gasteiger partial charge is 0.373 e. The molecule has 1 aliphatic carbocycles. The lowest BCUT2D eigenvalue weighted by Crippen LogP contribution is -2.32. The van der Waals surface area contributed by atoms with E-state index in [0.29, 0.717) is 6.04 Å². The van der Waals surface area contributed by atoms with Gasteiger partial charge in [0.2, 0.25) is 5.76 Å². The minimum atomic E-state index is -0.425. The quantitative estimate of drug-likeness (QED) is 0.836. The lowest BCUT2D eigenvalue weighted by atomic mass is 9.95. The minimum Gasteiger partial charge on any atom is -0.463 e. The maximum absolute atomic E-state index is 11.3. The summed E-state index contributed by atoms with van der Waals surface area (Å²) in [5, 5.41) is 3.56. The molecule has 0 aromatic carbocycles. The van der Waals surface area contributed by atoms with Crippen LogP contribution in [0.25, 0.3) is 0 Å². The molecule has 1 atom stereocenters. The Kier molecular flexibility index (Phi) is 4.42. The van der Waals surface area contributed by atoms with E-state index >= 15 is 0 Å². The van der Waals surface area contributed by atoms with Gasteiger partial charge in [-0.05, 0) is 31.9 Å². The molecule has 0 bridgehead atoms. The lowest BCUT2D eigenvalue weighted by molar-refractivity contribution is 0.0562. The van der Waals surface area contributed by atoms with Crippen LogP contribution in [0.1, 0.15) is 61.4 Å². The van der Waals surface area contributed by atoms with Crippen molar-refractivity contribution in [1.82, 2.24) is 5.32 Å². The molecule has 2 rings (SSSR count). The molecule has 1 aromatic rings. The van der Waals surface area contributed by atoms with Gasteiger partial charge in [-0.3, -0.25) is 0 Å². The molecule has 18 heavy (non-hydrogen) atoms. The largest absolute Gasteiger partial charge is 0.463 e. The van der Waals surface area contributed by atoms with Gasteiger partial charge in [0.25, 0.3) is 0 Å². The van der Waals surface area contributed by atoms with E-state index in [1.165, 1.54) is 39.2 Å². The fraction of sp³-hybridized carbons (Fsp3) is 0.643. The highest BCUT2D eigenvalue weighted by atomic mass is 16.5. The third-order valence-electron chi connectivity index (χ3n) is 3.53. The Morgan fingerprint density at radius 1 is 1.39 bits per heavy atom. The maximum Gasteiger partial charge on any atom is 0.373 e. The van der Waals surface area contributed by atoms with Crippen molar-refractivity contribution < 1.29 is 13.9 Å². The molecule has 0 radical (unpaired) electrons. The summed E-state index contributed by atoms with van der Waals surface area (Å²) in [6.45, 7) is 2.06. The Labute approximate surface area is 108 Å². The van der Waals surface area contributed by atoms with Gasteiger partial charge in [0, 0.05) is 6.04 Å². The SMILES string of the molecule is COC(=O)c1ccc(C(C)NC2CCCCC2)o1. The van der Waals surface area contributed by atoms with Crippen molar-refractivity contribution in [3.8, 4) is 0 Å². The lowest BCUT2D eigenvalue weighted by Gasteiger charge is -2.25. The molecular formula is C14H21NO3. The first-order chi connectivity index (χ1) is 8.70. The van der Waals surface area contributed by atoms with Crippen molar-refractivity contribution in [2.75, 3.05) is 7.11 Å². The van der Waals surface area contributed by atoms with Crippen molar-refractivity contribution >= 4 is 5.97 Å². The summed E-state index contributed by atoms with van der Waals surface area (Å²) < 4.78 is 10.1. The maximum atomic E-state index is 11.3. The zero-order valence-electron chi connectivity index (χ0n) is 11.1. The van der Waals surface area contributed by atoms with E-state index in [-0.39, 0.29) is 11.8 Å².